The Morgan fingerprint density at radius 2 is 2.12 bits per heavy atom. The number of carbonyl (C=O) groups excluding carboxylic acids is 1. The molecule has 1 saturated carbocycles. The highest BCUT2D eigenvalue weighted by Crippen LogP contribution is 2.28. The van der Waals surface area contributed by atoms with Crippen molar-refractivity contribution in [3.05, 3.63) is 0 Å². The van der Waals surface area contributed by atoms with Gasteiger partial charge < -0.3 is 11.1 Å². The second kappa shape index (κ2) is 6.84. The number of hydrogen-bond donors (Lipinski definition) is 2. The average molecular weight is 242 g/mol. The van der Waals surface area contributed by atoms with Gasteiger partial charge in [0.15, 0.2) is 0 Å². The summed E-state index contributed by atoms with van der Waals surface area (Å²) in [5.41, 5.74) is 5.53. The topological polar surface area (TPSA) is 55.1 Å². The molecule has 3 nitrogen and oxygen atoms in total. The first kappa shape index (κ1) is 13.4. The highest BCUT2D eigenvalue weighted by Gasteiger charge is 2.17. The predicted molar refractivity (Wildman–Crippen MR) is 70.2 cm³/mol. The molecule has 1 aliphatic rings. The highest BCUT2D eigenvalue weighted by atomic mass is 32.1. The molecule has 1 fully saturated rings. The van der Waals surface area contributed by atoms with E-state index in [4.69, 9.17) is 18.0 Å². The maximum absolute atomic E-state index is 11.6. The van der Waals surface area contributed by atoms with Crippen molar-refractivity contribution in [3.8, 4) is 0 Å². The lowest BCUT2D eigenvalue weighted by molar-refractivity contribution is -0.121. The number of nitrogens with two attached hydrogens (primary N) is 1. The van der Waals surface area contributed by atoms with Crippen LogP contribution in [-0.4, -0.2) is 16.9 Å². The maximum atomic E-state index is 11.6. The molecule has 92 valence electrons. The highest BCUT2D eigenvalue weighted by molar-refractivity contribution is 7.80. The van der Waals surface area contributed by atoms with Crippen molar-refractivity contribution in [2.24, 2.45) is 11.7 Å². The Balaban J connectivity index is 2.21. The van der Waals surface area contributed by atoms with Crippen molar-refractivity contribution in [1.29, 1.82) is 0 Å². The molecular formula is C12H22N2OS. The van der Waals surface area contributed by atoms with E-state index in [2.05, 4.69) is 5.32 Å². The molecule has 1 aliphatic carbocycles. The van der Waals surface area contributed by atoms with E-state index >= 15 is 0 Å². The van der Waals surface area contributed by atoms with Crippen LogP contribution < -0.4 is 11.1 Å². The molecule has 16 heavy (non-hydrogen) atoms. The van der Waals surface area contributed by atoms with Crippen LogP contribution in [0.2, 0.25) is 0 Å². The van der Waals surface area contributed by atoms with E-state index in [1.165, 1.54) is 25.7 Å². The zero-order valence-corrected chi connectivity index (χ0v) is 10.8. The quantitative estimate of drug-likeness (QED) is 0.702. The second-order valence-corrected chi connectivity index (χ2v) is 5.09. The van der Waals surface area contributed by atoms with Gasteiger partial charge in [0, 0.05) is 6.42 Å². The van der Waals surface area contributed by atoms with Crippen LogP contribution in [0.1, 0.15) is 51.9 Å². The molecule has 0 aromatic heterocycles. The monoisotopic (exact) mass is 242 g/mol. The van der Waals surface area contributed by atoms with Crippen LogP contribution in [0.4, 0.5) is 0 Å². The van der Waals surface area contributed by atoms with Crippen LogP contribution in [0.15, 0.2) is 0 Å². The summed E-state index contributed by atoms with van der Waals surface area (Å²) in [5.74, 6) is 0.849. The summed E-state index contributed by atoms with van der Waals surface area (Å²) < 4.78 is 0. The van der Waals surface area contributed by atoms with Gasteiger partial charge in [0.2, 0.25) is 5.91 Å². The Morgan fingerprint density at radius 3 is 2.62 bits per heavy atom. The number of thiocarbonyl (C=S) groups is 1. The van der Waals surface area contributed by atoms with E-state index in [9.17, 15) is 4.79 Å². The molecule has 0 heterocycles. The van der Waals surface area contributed by atoms with Gasteiger partial charge in [-0.25, -0.2) is 0 Å². The van der Waals surface area contributed by atoms with Crippen LogP contribution in [0.5, 0.6) is 0 Å². The Kier molecular flexibility index (Phi) is 5.74. The summed E-state index contributed by atoms with van der Waals surface area (Å²) in [6.45, 7) is 1.97. The molecule has 0 bridgehead atoms. The van der Waals surface area contributed by atoms with Crippen LogP contribution in [0.25, 0.3) is 0 Å². The minimum absolute atomic E-state index is 0.0894. The van der Waals surface area contributed by atoms with Gasteiger partial charge in [0.1, 0.15) is 0 Å². The summed E-state index contributed by atoms with van der Waals surface area (Å²) in [6, 6.07) is -0.133. The number of amides is 1. The number of hydrogen-bond acceptors (Lipinski definition) is 2. The standard InChI is InChI=1S/C12H22N2OS/c1-2-10(12(13)16)14-11(15)8-7-9-5-3-4-6-9/h9-10H,2-8H2,1H3,(H2,13,16)(H,14,15). The van der Waals surface area contributed by atoms with Gasteiger partial charge in [0.05, 0.1) is 11.0 Å². The molecule has 0 saturated heterocycles. The minimum Gasteiger partial charge on any atom is -0.392 e. The third-order valence-corrected chi connectivity index (χ3v) is 3.63. The van der Waals surface area contributed by atoms with Crippen LogP contribution in [-0.2, 0) is 4.79 Å². The van der Waals surface area contributed by atoms with Gasteiger partial charge in [-0.1, -0.05) is 44.8 Å². The molecular weight excluding hydrogens is 220 g/mol. The fourth-order valence-corrected chi connectivity index (χ4v) is 2.50. The number of rotatable bonds is 6. The first-order valence-corrected chi connectivity index (χ1v) is 6.63. The summed E-state index contributed by atoms with van der Waals surface area (Å²) >= 11 is 4.89. The molecule has 0 aliphatic heterocycles. The van der Waals surface area contributed by atoms with E-state index in [1.807, 2.05) is 6.92 Å². The molecule has 1 amide bonds. The SMILES string of the molecule is CCC(NC(=O)CCC1CCCC1)C(N)=S. The zero-order chi connectivity index (χ0) is 12.0. The first-order chi connectivity index (χ1) is 7.63. The summed E-state index contributed by atoms with van der Waals surface area (Å²) in [4.78, 5) is 12.0. The Labute approximate surface area is 103 Å². The van der Waals surface area contributed by atoms with Crippen LogP contribution >= 0.6 is 12.2 Å². The molecule has 3 N–H and O–H groups in total. The van der Waals surface area contributed by atoms with E-state index in [-0.39, 0.29) is 11.9 Å². The lowest BCUT2D eigenvalue weighted by Crippen LogP contribution is -2.43. The number of carbonyl (C=O) groups is 1. The Bertz CT molecular complexity index is 249. The van der Waals surface area contributed by atoms with Crippen molar-refractivity contribution in [2.75, 3.05) is 0 Å². The van der Waals surface area contributed by atoms with E-state index in [0.29, 0.717) is 11.4 Å². The minimum atomic E-state index is -0.133. The van der Waals surface area contributed by atoms with Crippen LogP contribution in [0, 0.1) is 5.92 Å². The van der Waals surface area contributed by atoms with Gasteiger partial charge >= 0.3 is 0 Å². The average Bonchev–Trinajstić information content (AvgIpc) is 2.75. The lowest BCUT2D eigenvalue weighted by Gasteiger charge is -2.16. The third-order valence-electron chi connectivity index (χ3n) is 3.34. The maximum Gasteiger partial charge on any atom is 0.220 e. The van der Waals surface area contributed by atoms with Gasteiger partial charge in [-0.3, -0.25) is 4.79 Å². The molecule has 1 atom stereocenters. The third kappa shape index (κ3) is 4.47. The van der Waals surface area contributed by atoms with Crippen molar-refractivity contribution < 1.29 is 4.79 Å². The molecule has 4 heteroatoms. The smallest absolute Gasteiger partial charge is 0.220 e. The van der Waals surface area contributed by atoms with Crippen LogP contribution in [0.3, 0.4) is 0 Å². The van der Waals surface area contributed by atoms with E-state index in [0.717, 1.165) is 18.8 Å². The Morgan fingerprint density at radius 1 is 1.50 bits per heavy atom. The Hall–Kier alpha value is -0.640. The summed E-state index contributed by atoms with van der Waals surface area (Å²) in [7, 11) is 0. The van der Waals surface area contributed by atoms with Crippen molar-refractivity contribution in [2.45, 2.75) is 57.9 Å². The molecule has 0 aromatic carbocycles. The predicted octanol–water partition coefficient (Wildman–Crippen LogP) is 2.14. The van der Waals surface area contributed by atoms with Gasteiger partial charge in [0.25, 0.3) is 0 Å². The molecule has 0 spiro atoms. The zero-order valence-electron chi connectivity index (χ0n) is 10.00. The molecule has 0 radical (unpaired) electrons. The van der Waals surface area contributed by atoms with Crippen molar-refractivity contribution in [1.82, 2.24) is 5.32 Å². The van der Waals surface area contributed by atoms with E-state index in [1.54, 1.807) is 0 Å². The van der Waals surface area contributed by atoms with E-state index < -0.39 is 0 Å². The number of nitrogens with one attached hydrogen (secondary N) is 1. The fraction of sp³-hybridized carbons (Fsp3) is 0.833. The molecule has 1 rings (SSSR count). The summed E-state index contributed by atoms with van der Waals surface area (Å²) in [6.07, 6.45) is 7.64. The lowest BCUT2D eigenvalue weighted by atomic mass is 10.0. The van der Waals surface area contributed by atoms with Gasteiger partial charge in [-0.2, -0.15) is 0 Å². The van der Waals surface area contributed by atoms with Crippen molar-refractivity contribution in [3.63, 3.8) is 0 Å². The second-order valence-electron chi connectivity index (χ2n) is 4.62. The summed E-state index contributed by atoms with van der Waals surface area (Å²) in [5, 5.41) is 2.88. The van der Waals surface area contributed by atoms with Crippen molar-refractivity contribution >= 4 is 23.1 Å². The van der Waals surface area contributed by atoms with Gasteiger partial charge in [-0.15, -0.1) is 0 Å². The van der Waals surface area contributed by atoms with Gasteiger partial charge in [-0.05, 0) is 18.8 Å². The largest absolute Gasteiger partial charge is 0.392 e. The molecule has 0 aromatic rings. The fourth-order valence-electron chi connectivity index (χ4n) is 2.28. The first-order valence-electron chi connectivity index (χ1n) is 6.22. The normalized spacial score (nSPS) is 18.3. The molecule has 1 unspecified atom stereocenters.